The summed E-state index contributed by atoms with van der Waals surface area (Å²) in [6, 6.07) is 8.07. The smallest absolute Gasteiger partial charge is 0.231 e. The lowest BCUT2D eigenvalue weighted by atomic mass is 10.1. The van der Waals surface area contributed by atoms with Gasteiger partial charge in [-0.2, -0.15) is 0 Å². The van der Waals surface area contributed by atoms with Crippen LogP contribution in [0.3, 0.4) is 0 Å². The van der Waals surface area contributed by atoms with Crippen molar-refractivity contribution in [1.29, 1.82) is 0 Å². The molecule has 5 heteroatoms. The topological polar surface area (TPSA) is 90.4 Å². The maximum atomic E-state index is 10.5. The Morgan fingerprint density at radius 1 is 1.21 bits per heavy atom. The molecule has 1 rings (SSSR count). The highest BCUT2D eigenvalue weighted by Crippen LogP contribution is 2.13. The van der Waals surface area contributed by atoms with Crippen molar-refractivity contribution in [1.82, 2.24) is 5.32 Å². The number of nitrogens with two attached hydrogens (primary N) is 2. The van der Waals surface area contributed by atoms with E-state index in [2.05, 4.69) is 17.4 Å². The summed E-state index contributed by atoms with van der Waals surface area (Å²) in [5.74, 6) is 0.477. The van der Waals surface area contributed by atoms with Gasteiger partial charge < -0.3 is 21.5 Å². The molecule has 0 atom stereocenters. The van der Waals surface area contributed by atoms with Gasteiger partial charge in [-0.25, -0.2) is 0 Å². The van der Waals surface area contributed by atoms with Gasteiger partial charge in [-0.1, -0.05) is 12.1 Å². The number of amides is 1. The van der Waals surface area contributed by atoms with Gasteiger partial charge in [0.25, 0.3) is 0 Å². The number of aryl methyl sites for hydroxylation is 1. The number of ether oxygens (including phenoxy) is 1. The molecule has 1 aromatic carbocycles. The lowest BCUT2D eigenvalue weighted by Crippen LogP contribution is -2.31. The second-order valence-corrected chi connectivity index (χ2v) is 4.38. The summed E-state index contributed by atoms with van der Waals surface area (Å²) in [4.78, 5) is 10.5. The summed E-state index contributed by atoms with van der Waals surface area (Å²) >= 11 is 0. The first-order valence-corrected chi connectivity index (χ1v) is 6.63. The number of carbonyl (C=O) groups excluding carboxylic acids is 1. The van der Waals surface area contributed by atoms with E-state index in [-0.39, 0.29) is 12.5 Å². The molecular weight excluding hydrogens is 242 g/mol. The van der Waals surface area contributed by atoms with Crippen LogP contribution in [0.5, 0.6) is 5.75 Å². The average molecular weight is 265 g/mol. The van der Waals surface area contributed by atoms with Gasteiger partial charge in [-0.15, -0.1) is 0 Å². The average Bonchev–Trinajstić information content (AvgIpc) is 2.40. The van der Waals surface area contributed by atoms with Crippen LogP contribution in [0.25, 0.3) is 0 Å². The van der Waals surface area contributed by atoms with Gasteiger partial charge >= 0.3 is 0 Å². The lowest BCUT2D eigenvalue weighted by molar-refractivity contribution is -0.117. The van der Waals surface area contributed by atoms with Crippen molar-refractivity contribution in [2.45, 2.75) is 19.3 Å². The molecule has 0 radical (unpaired) electrons. The largest absolute Gasteiger partial charge is 0.492 e. The Morgan fingerprint density at radius 2 is 1.95 bits per heavy atom. The van der Waals surface area contributed by atoms with Crippen LogP contribution in [-0.4, -0.2) is 32.1 Å². The van der Waals surface area contributed by atoms with Gasteiger partial charge in [0.05, 0.1) is 6.54 Å². The van der Waals surface area contributed by atoms with Crippen LogP contribution in [0.15, 0.2) is 24.3 Å². The van der Waals surface area contributed by atoms with E-state index in [1.165, 1.54) is 5.56 Å². The van der Waals surface area contributed by atoms with Crippen LogP contribution >= 0.6 is 0 Å². The van der Waals surface area contributed by atoms with Gasteiger partial charge in [0.2, 0.25) is 5.91 Å². The molecule has 5 N–H and O–H groups in total. The molecule has 0 aliphatic carbocycles. The summed E-state index contributed by atoms with van der Waals surface area (Å²) in [5.41, 5.74) is 11.8. The standard InChI is InChI=1S/C14H23N3O2/c15-8-2-1-3-12-4-6-13(7-5-12)19-10-9-17-11-14(16)18/h4-7,17H,1-3,8-11,15H2,(H2,16,18). The third-order valence-corrected chi connectivity index (χ3v) is 2.69. The fraction of sp³-hybridized carbons (Fsp3) is 0.500. The van der Waals surface area contributed by atoms with Crippen molar-refractivity contribution in [2.24, 2.45) is 11.5 Å². The molecule has 0 aliphatic heterocycles. The Kier molecular flexibility index (Phi) is 7.62. The Hall–Kier alpha value is -1.59. The van der Waals surface area contributed by atoms with Crippen molar-refractivity contribution in [2.75, 3.05) is 26.2 Å². The van der Waals surface area contributed by atoms with E-state index in [4.69, 9.17) is 16.2 Å². The summed E-state index contributed by atoms with van der Waals surface area (Å²) < 4.78 is 5.53. The van der Waals surface area contributed by atoms with Crippen LogP contribution in [0.2, 0.25) is 0 Å². The molecule has 0 fully saturated rings. The van der Waals surface area contributed by atoms with Gasteiger partial charge in [-0.05, 0) is 43.5 Å². The van der Waals surface area contributed by atoms with Crippen LogP contribution in [0.4, 0.5) is 0 Å². The molecule has 5 nitrogen and oxygen atoms in total. The van der Waals surface area contributed by atoms with Gasteiger partial charge in [0.15, 0.2) is 0 Å². The van der Waals surface area contributed by atoms with Gasteiger partial charge in [-0.3, -0.25) is 4.79 Å². The van der Waals surface area contributed by atoms with E-state index in [0.717, 1.165) is 31.6 Å². The minimum Gasteiger partial charge on any atom is -0.492 e. The fourth-order valence-corrected chi connectivity index (χ4v) is 1.68. The molecule has 0 saturated heterocycles. The maximum absolute atomic E-state index is 10.5. The fourth-order valence-electron chi connectivity index (χ4n) is 1.68. The predicted molar refractivity (Wildman–Crippen MR) is 76.0 cm³/mol. The van der Waals surface area contributed by atoms with Crippen molar-refractivity contribution in [3.8, 4) is 5.75 Å². The Morgan fingerprint density at radius 3 is 2.58 bits per heavy atom. The van der Waals surface area contributed by atoms with Gasteiger partial charge in [0, 0.05) is 6.54 Å². The molecule has 106 valence electrons. The van der Waals surface area contributed by atoms with Crippen molar-refractivity contribution >= 4 is 5.91 Å². The Labute approximate surface area is 114 Å². The molecule has 0 saturated carbocycles. The number of nitrogens with one attached hydrogen (secondary N) is 1. The van der Waals surface area contributed by atoms with Crippen molar-refractivity contribution in [3.05, 3.63) is 29.8 Å². The summed E-state index contributed by atoms with van der Waals surface area (Å²) in [7, 11) is 0. The van der Waals surface area contributed by atoms with Crippen LogP contribution in [0.1, 0.15) is 18.4 Å². The molecule has 0 aliphatic rings. The van der Waals surface area contributed by atoms with Gasteiger partial charge in [0.1, 0.15) is 12.4 Å². The zero-order valence-electron chi connectivity index (χ0n) is 11.2. The third kappa shape index (κ3) is 7.43. The Balaban J connectivity index is 2.18. The minimum absolute atomic E-state index is 0.184. The second kappa shape index (κ2) is 9.35. The second-order valence-electron chi connectivity index (χ2n) is 4.38. The number of unbranched alkanes of at least 4 members (excludes halogenated alkanes) is 1. The first-order chi connectivity index (χ1) is 9.22. The molecule has 0 bridgehead atoms. The molecule has 0 spiro atoms. The molecular formula is C14H23N3O2. The van der Waals surface area contributed by atoms with E-state index in [1.54, 1.807) is 0 Å². The first kappa shape index (κ1) is 15.5. The molecule has 1 aromatic rings. The zero-order valence-corrected chi connectivity index (χ0v) is 11.2. The number of benzene rings is 1. The number of hydrogen-bond donors (Lipinski definition) is 3. The highest BCUT2D eigenvalue weighted by atomic mass is 16.5. The molecule has 19 heavy (non-hydrogen) atoms. The highest BCUT2D eigenvalue weighted by Gasteiger charge is 1.97. The highest BCUT2D eigenvalue weighted by molar-refractivity contribution is 5.75. The lowest BCUT2D eigenvalue weighted by Gasteiger charge is -2.07. The van der Waals surface area contributed by atoms with E-state index < -0.39 is 0 Å². The predicted octanol–water partition coefficient (Wildman–Crippen LogP) is 0.422. The summed E-state index contributed by atoms with van der Waals surface area (Å²) in [5, 5.41) is 2.89. The zero-order chi connectivity index (χ0) is 13.9. The van der Waals surface area contributed by atoms with Crippen molar-refractivity contribution < 1.29 is 9.53 Å². The van der Waals surface area contributed by atoms with Crippen LogP contribution in [-0.2, 0) is 11.2 Å². The minimum atomic E-state index is -0.359. The van der Waals surface area contributed by atoms with E-state index in [9.17, 15) is 4.79 Å². The molecule has 0 unspecified atom stereocenters. The monoisotopic (exact) mass is 265 g/mol. The quantitative estimate of drug-likeness (QED) is 0.535. The van der Waals surface area contributed by atoms with E-state index in [0.29, 0.717) is 13.2 Å². The Bertz CT molecular complexity index is 365. The number of hydrogen-bond acceptors (Lipinski definition) is 4. The molecule has 0 aromatic heterocycles. The maximum Gasteiger partial charge on any atom is 0.231 e. The number of rotatable bonds is 10. The van der Waals surface area contributed by atoms with Crippen LogP contribution < -0.4 is 21.5 Å². The SMILES string of the molecule is NCCCCc1ccc(OCCNCC(N)=O)cc1. The normalized spacial score (nSPS) is 10.4. The van der Waals surface area contributed by atoms with E-state index in [1.807, 2.05) is 12.1 Å². The first-order valence-electron chi connectivity index (χ1n) is 6.63. The summed E-state index contributed by atoms with van der Waals surface area (Å²) in [6.45, 7) is 2.05. The van der Waals surface area contributed by atoms with Crippen LogP contribution in [0, 0.1) is 0 Å². The van der Waals surface area contributed by atoms with Crippen molar-refractivity contribution in [3.63, 3.8) is 0 Å². The molecule has 0 heterocycles. The van der Waals surface area contributed by atoms with E-state index >= 15 is 0 Å². The molecule has 1 amide bonds. The third-order valence-electron chi connectivity index (χ3n) is 2.69. The number of primary amides is 1. The summed E-state index contributed by atoms with van der Waals surface area (Å²) in [6.07, 6.45) is 3.23. The number of carbonyl (C=O) groups is 1.